The lowest BCUT2D eigenvalue weighted by Crippen LogP contribution is -2.50. The monoisotopic (exact) mass is 402 g/mol. The summed E-state index contributed by atoms with van der Waals surface area (Å²) in [5.41, 5.74) is 3.45. The van der Waals surface area contributed by atoms with Gasteiger partial charge < -0.3 is 10.1 Å². The SMILES string of the molecule is C[C@H](CCc1ccccc1)N[C@H](Cc1ccccc1)NC(=O)OCc1ccccc1. The van der Waals surface area contributed by atoms with Crippen LogP contribution in [0.15, 0.2) is 91.0 Å². The van der Waals surface area contributed by atoms with E-state index in [9.17, 15) is 4.79 Å². The molecule has 0 aliphatic heterocycles. The first kappa shape index (κ1) is 21.6. The summed E-state index contributed by atoms with van der Waals surface area (Å²) in [6.45, 7) is 2.41. The van der Waals surface area contributed by atoms with Crippen molar-refractivity contribution < 1.29 is 9.53 Å². The van der Waals surface area contributed by atoms with Crippen molar-refractivity contribution in [3.63, 3.8) is 0 Å². The van der Waals surface area contributed by atoms with E-state index in [0.29, 0.717) is 6.42 Å². The minimum Gasteiger partial charge on any atom is -0.445 e. The zero-order valence-electron chi connectivity index (χ0n) is 17.5. The Morgan fingerprint density at radius 3 is 1.93 bits per heavy atom. The van der Waals surface area contributed by atoms with Crippen molar-refractivity contribution in [2.45, 2.75) is 45.0 Å². The van der Waals surface area contributed by atoms with E-state index < -0.39 is 6.09 Å². The van der Waals surface area contributed by atoms with Gasteiger partial charge >= 0.3 is 6.09 Å². The highest BCUT2D eigenvalue weighted by atomic mass is 16.5. The maximum absolute atomic E-state index is 12.4. The molecule has 0 spiro atoms. The number of rotatable bonds is 10. The number of amides is 1. The van der Waals surface area contributed by atoms with Gasteiger partial charge in [-0.2, -0.15) is 0 Å². The minimum atomic E-state index is -0.414. The molecule has 0 aromatic heterocycles. The molecular formula is C26H30N2O2. The normalized spacial score (nSPS) is 12.7. The predicted octanol–water partition coefficient (Wildman–Crippen LogP) is 5.09. The van der Waals surface area contributed by atoms with Gasteiger partial charge in [0.05, 0.1) is 6.17 Å². The molecule has 3 aromatic carbocycles. The second-order valence-corrected chi connectivity index (χ2v) is 7.54. The van der Waals surface area contributed by atoms with E-state index in [0.717, 1.165) is 24.0 Å². The van der Waals surface area contributed by atoms with Crippen LogP contribution < -0.4 is 10.6 Å². The van der Waals surface area contributed by atoms with Gasteiger partial charge in [-0.1, -0.05) is 91.0 Å². The van der Waals surface area contributed by atoms with E-state index in [1.807, 2.05) is 54.6 Å². The van der Waals surface area contributed by atoms with E-state index in [-0.39, 0.29) is 18.8 Å². The lowest BCUT2D eigenvalue weighted by atomic mass is 10.1. The molecule has 0 fully saturated rings. The fourth-order valence-corrected chi connectivity index (χ4v) is 3.36. The second-order valence-electron chi connectivity index (χ2n) is 7.54. The topological polar surface area (TPSA) is 50.4 Å². The Balaban J connectivity index is 1.54. The summed E-state index contributed by atoms with van der Waals surface area (Å²) in [7, 11) is 0. The summed E-state index contributed by atoms with van der Waals surface area (Å²) in [6, 6.07) is 30.6. The molecule has 0 aliphatic rings. The first-order chi connectivity index (χ1) is 14.7. The maximum Gasteiger partial charge on any atom is 0.408 e. The summed E-state index contributed by atoms with van der Waals surface area (Å²) in [4.78, 5) is 12.4. The molecule has 30 heavy (non-hydrogen) atoms. The van der Waals surface area contributed by atoms with Crippen LogP contribution in [-0.2, 0) is 24.2 Å². The molecule has 0 aliphatic carbocycles. The third-order valence-electron chi connectivity index (χ3n) is 4.98. The Morgan fingerprint density at radius 1 is 0.800 bits per heavy atom. The third-order valence-corrected chi connectivity index (χ3v) is 4.98. The predicted molar refractivity (Wildman–Crippen MR) is 121 cm³/mol. The Morgan fingerprint density at radius 2 is 1.33 bits per heavy atom. The smallest absolute Gasteiger partial charge is 0.408 e. The number of alkyl carbamates (subject to hydrolysis) is 1. The van der Waals surface area contributed by atoms with Crippen LogP contribution in [0.2, 0.25) is 0 Å². The van der Waals surface area contributed by atoms with Crippen molar-refractivity contribution >= 4 is 6.09 Å². The number of benzene rings is 3. The lowest BCUT2D eigenvalue weighted by molar-refractivity contribution is 0.132. The Hall–Kier alpha value is -3.11. The first-order valence-corrected chi connectivity index (χ1v) is 10.5. The number of aryl methyl sites for hydroxylation is 1. The van der Waals surface area contributed by atoms with Gasteiger partial charge in [-0.15, -0.1) is 0 Å². The van der Waals surface area contributed by atoms with Crippen molar-refractivity contribution in [1.82, 2.24) is 10.6 Å². The number of hydrogen-bond acceptors (Lipinski definition) is 3. The molecule has 0 saturated carbocycles. The molecule has 3 rings (SSSR count). The van der Waals surface area contributed by atoms with Gasteiger partial charge in [-0.3, -0.25) is 5.32 Å². The van der Waals surface area contributed by atoms with Crippen LogP contribution in [0.3, 0.4) is 0 Å². The molecular weight excluding hydrogens is 372 g/mol. The van der Waals surface area contributed by atoms with Crippen LogP contribution in [0.25, 0.3) is 0 Å². The van der Waals surface area contributed by atoms with Crippen molar-refractivity contribution in [2.24, 2.45) is 0 Å². The summed E-state index contributed by atoms with van der Waals surface area (Å²) in [5.74, 6) is 0. The van der Waals surface area contributed by atoms with E-state index in [2.05, 4.69) is 54.0 Å². The molecule has 2 atom stereocenters. The molecule has 2 N–H and O–H groups in total. The molecule has 0 unspecified atom stereocenters. The quantitative estimate of drug-likeness (QED) is 0.464. The van der Waals surface area contributed by atoms with Crippen molar-refractivity contribution in [3.05, 3.63) is 108 Å². The summed E-state index contributed by atoms with van der Waals surface area (Å²) >= 11 is 0. The number of ether oxygens (including phenoxy) is 1. The van der Waals surface area contributed by atoms with E-state index in [4.69, 9.17) is 4.74 Å². The van der Waals surface area contributed by atoms with Crippen LogP contribution in [0.4, 0.5) is 4.79 Å². The fraction of sp³-hybridized carbons (Fsp3) is 0.269. The van der Waals surface area contributed by atoms with Crippen molar-refractivity contribution in [2.75, 3.05) is 0 Å². The molecule has 3 aromatic rings. The number of nitrogens with one attached hydrogen (secondary N) is 2. The van der Waals surface area contributed by atoms with Gasteiger partial charge in [0.15, 0.2) is 0 Å². The molecule has 1 amide bonds. The highest BCUT2D eigenvalue weighted by Gasteiger charge is 2.16. The van der Waals surface area contributed by atoms with Crippen molar-refractivity contribution in [3.8, 4) is 0 Å². The second kappa shape index (κ2) is 11.8. The third kappa shape index (κ3) is 7.72. The first-order valence-electron chi connectivity index (χ1n) is 10.5. The Labute approximate surface area is 179 Å². The Kier molecular flexibility index (Phi) is 8.48. The van der Waals surface area contributed by atoms with Crippen LogP contribution in [0, 0.1) is 0 Å². The summed E-state index contributed by atoms with van der Waals surface area (Å²) in [5, 5.41) is 6.55. The minimum absolute atomic E-state index is 0.207. The number of hydrogen-bond donors (Lipinski definition) is 2. The average molecular weight is 403 g/mol. The highest BCUT2D eigenvalue weighted by molar-refractivity contribution is 5.67. The van der Waals surface area contributed by atoms with E-state index >= 15 is 0 Å². The van der Waals surface area contributed by atoms with Gasteiger partial charge in [-0.25, -0.2) is 4.79 Å². The molecule has 0 saturated heterocycles. The molecule has 4 heteroatoms. The number of carbonyl (C=O) groups excluding carboxylic acids is 1. The summed E-state index contributed by atoms with van der Waals surface area (Å²) < 4.78 is 5.42. The molecule has 4 nitrogen and oxygen atoms in total. The standard InChI is InChI=1S/C26H30N2O2/c1-21(17-18-22-11-5-2-6-12-22)27-25(19-23-13-7-3-8-14-23)28-26(29)30-20-24-15-9-4-10-16-24/h2-16,21,25,27H,17-20H2,1H3,(H,28,29)/t21-,25+/m1/s1. The fourth-order valence-electron chi connectivity index (χ4n) is 3.36. The molecule has 0 radical (unpaired) electrons. The van der Waals surface area contributed by atoms with Gasteiger partial charge in [0.1, 0.15) is 6.61 Å². The van der Waals surface area contributed by atoms with Gasteiger partial charge in [0.2, 0.25) is 0 Å². The van der Waals surface area contributed by atoms with Crippen LogP contribution in [-0.4, -0.2) is 18.3 Å². The van der Waals surface area contributed by atoms with Gasteiger partial charge in [0, 0.05) is 12.5 Å². The largest absolute Gasteiger partial charge is 0.445 e. The van der Waals surface area contributed by atoms with Crippen LogP contribution in [0.5, 0.6) is 0 Å². The lowest BCUT2D eigenvalue weighted by Gasteiger charge is -2.24. The van der Waals surface area contributed by atoms with Gasteiger partial charge in [0.25, 0.3) is 0 Å². The highest BCUT2D eigenvalue weighted by Crippen LogP contribution is 2.08. The maximum atomic E-state index is 12.4. The van der Waals surface area contributed by atoms with Gasteiger partial charge in [-0.05, 0) is 36.5 Å². The summed E-state index contributed by atoms with van der Waals surface area (Å²) in [6.07, 6.45) is 2.04. The van der Waals surface area contributed by atoms with E-state index in [1.165, 1.54) is 5.56 Å². The van der Waals surface area contributed by atoms with Crippen LogP contribution >= 0.6 is 0 Å². The zero-order valence-corrected chi connectivity index (χ0v) is 17.5. The van der Waals surface area contributed by atoms with Crippen molar-refractivity contribution in [1.29, 1.82) is 0 Å². The molecule has 0 heterocycles. The molecule has 156 valence electrons. The number of carbonyl (C=O) groups is 1. The molecule has 0 bridgehead atoms. The zero-order chi connectivity index (χ0) is 21.0. The van der Waals surface area contributed by atoms with E-state index in [1.54, 1.807) is 0 Å². The Bertz CT molecular complexity index is 869. The average Bonchev–Trinajstić information content (AvgIpc) is 2.78. The van der Waals surface area contributed by atoms with Crippen LogP contribution in [0.1, 0.15) is 30.0 Å².